The highest BCUT2D eigenvalue weighted by Gasteiger charge is 2.30. The van der Waals surface area contributed by atoms with Crippen molar-refractivity contribution in [1.29, 1.82) is 0 Å². The number of para-hydroxylation sites is 2. The van der Waals surface area contributed by atoms with Crippen LogP contribution >= 0.6 is 0 Å². The summed E-state index contributed by atoms with van der Waals surface area (Å²) in [7, 11) is 0. The zero-order valence-electron chi connectivity index (χ0n) is 21.5. The van der Waals surface area contributed by atoms with Gasteiger partial charge in [-0.15, -0.1) is 0 Å². The molecule has 0 bridgehead atoms. The number of hydrogen-bond acceptors (Lipinski definition) is 4. The lowest BCUT2D eigenvalue weighted by Crippen LogP contribution is -2.19. The van der Waals surface area contributed by atoms with E-state index in [1.165, 1.54) is 18.6 Å². The molecule has 2 aromatic carbocycles. The molecule has 1 fully saturated rings. The first kappa shape index (κ1) is 25.1. The highest BCUT2D eigenvalue weighted by Crippen LogP contribution is 2.33. The van der Waals surface area contributed by atoms with E-state index in [1.807, 2.05) is 60.0 Å². The van der Waals surface area contributed by atoms with Crippen molar-refractivity contribution < 1.29 is 13.2 Å². The van der Waals surface area contributed by atoms with Gasteiger partial charge in [0.2, 0.25) is 0 Å². The van der Waals surface area contributed by atoms with Crippen LogP contribution in [0.15, 0.2) is 84.0 Å². The van der Waals surface area contributed by atoms with E-state index >= 15 is 0 Å². The van der Waals surface area contributed by atoms with E-state index in [2.05, 4.69) is 10.3 Å². The SMILES string of the molecule is Cc1ccc(Nc2cc3nc4ccccc4n(-c4ccc(C(F)(F)F)cc4)c-3cc2=NC2CCCCC2)cn1. The molecule has 1 saturated carbocycles. The summed E-state index contributed by atoms with van der Waals surface area (Å²) < 4.78 is 41.9. The molecule has 6 rings (SSSR count). The summed E-state index contributed by atoms with van der Waals surface area (Å²) in [5.41, 5.74) is 5.56. The topological polar surface area (TPSA) is 55.1 Å². The van der Waals surface area contributed by atoms with Gasteiger partial charge in [0.15, 0.2) is 0 Å². The predicted molar refractivity (Wildman–Crippen MR) is 147 cm³/mol. The number of alkyl halides is 3. The summed E-state index contributed by atoms with van der Waals surface area (Å²) in [4.78, 5) is 14.5. The predicted octanol–water partition coefficient (Wildman–Crippen LogP) is 7.83. The van der Waals surface area contributed by atoms with E-state index in [-0.39, 0.29) is 6.04 Å². The molecule has 0 spiro atoms. The van der Waals surface area contributed by atoms with Crippen LogP contribution in [-0.2, 0) is 6.18 Å². The standard InChI is InChI=1S/C31H28F3N5/c1-20-11-14-23(19-35-20)37-26-17-28-30(18-27(26)36-22-7-3-2-4-8-22)39(29-10-6-5-9-25(29)38-28)24-15-12-21(13-16-24)31(32,33)34/h5-6,9-19,22,37H,2-4,7-8H2,1H3. The molecule has 8 heteroatoms. The first-order chi connectivity index (χ1) is 18.8. The van der Waals surface area contributed by atoms with E-state index in [1.54, 1.807) is 6.20 Å². The minimum atomic E-state index is -4.40. The van der Waals surface area contributed by atoms with Gasteiger partial charge in [-0.1, -0.05) is 31.4 Å². The Labute approximate surface area is 224 Å². The molecule has 198 valence electrons. The number of rotatable bonds is 4. The van der Waals surface area contributed by atoms with Crippen LogP contribution in [-0.4, -0.2) is 20.6 Å². The molecule has 0 atom stereocenters. The number of halogens is 3. The number of benzene rings is 3. The Bertz CT molecular complexity index is 1650. The molecule has 1 aromatic heterocycles. The van der Waals surface area contributed by atoms with Crippen LogP contribution in [0.5, 0.6) is 0 Å². The molecule has 0 saturated heterocycles. The van der Waals surface area contributed by atoms with Gasteiger partial charge >= 0.3 is 6.18 Å². The minimum absolute atomic E-state index is 0.223. The average Bonchev–Trinajstić information content (AvgIpc) is 2.93. The van der Waals surface area contributed by atoms with Gasteiger partial charge in [0, 0.05) is 11.4 Å². The van der Waals surface area contributed by atoms with Gasteiger partial charge < -0.3 is 9.88 Å². The number of nitrogens with zero attached hydrogens (tertiary/aromatic N) is 4. The molecule has 3 aliphatic rings. The Balaban J connectivity index is 1.58. The summed E-state index contributed by atoms with van der Waals surface area (Å²) in [6.45, 7) is 1.94. The third kappa shape index (κ3) is 5.24. The second-order valence-corrected chi connectivity index (χ2v) is 10.1. The van der Waals surface area contributed by atoms with E-state index in [9.17, 15) is 13.2 Å². The maximum absolute atomic E-state index is 13.3. The van der Waals surface area contributed by atoms with Crippen molar-refractivity contribution in [3.05, 3.63) is 95.6 Å². The maximum atomic E-state index is 13.3. The molecular formula is C31H28F3N5. The Kier molecular flexibility index (Phi) is 6.54. The summed E-state index contributed by atoms with van der Waals surface area (Å²) in [5.74, 6) is 0. The highest BCUT2D eigenvalue weighted by molar-refractivity contribution is 5.84. The van der Waals surface area contributed by atoms with Crippen LogP contribution in [0.25, 0.3) is 28.1 Å². The largest absolute Gasteiger partial charge is 0.416 e. The minimum Gasteiger partial charge on any atom is -0.352 e. The second-order valence-electron chi connectivity index (χ2n) is 10.1. The zero-order chi connectivity index (χ0) is 27.0. The van der Waals surface area contributed by atoms with Gasteiger partial charge in [0.25, 0.3) is 0 Å². The lowest BCUT2D eigenvalue weighted by atomic mass is 9.96. The molecule has 2 aliphatic carbocycles. The van der Waals surface area contributed by atoms with E-state index in [0.29, 0.717) is 11.4 Å². The lowest BCUT2D eigenvalue weighted by Gasteiger charge is -2.22. The number of aryl methyl sites for hydroxylation is 1. The number of anilines is 2. The van der Waals surface area contributed by atoms with Crippen molar-refractivity contribution >= 4 is 22.4 Å². The molecule has 1 N–H and O–H groups in total. The smallest absolute Gasteiger partial charge is 0.352 e. The first-order valence-corrected chi connectivity index (χ1v) is 13.2. The first-order valence-electron chi connectivity index (χ1n) is 13.2. The Hall–Kier alpha value is -4.20. The summed E-state index contributed by atoms with van der Waals surface area (Å²) in [6, 6.07) is 21.1. The normalized spacial score (nSPS) is 15.2. The third-order valence-electron chi connectivity index (χ3n) is 7.24. The number of nitrogens with one attached hydrogen (secondary N) is 1. The fourth-order valence-corrected chi connectivity index (χ4v) is 5.23. The van der Waals surface area contributed by atoms with Crippen LogP contribution in [0.3, 0.4) is 0 Å². The van der Waals surface area contributed by atoms with E-state index < -0.39 is 11.7 Å². The van der Waals surface area contributed by atoms with Crippen LogP contribution in [0.2, 0.25) is 0 Å². The molecular weight excluding hydrogens is 499 g/mol. The lowest BCUT2D eigenvalue weighted by molar-refractivity contribution is -0.137. The van der Waals surface area contributed by atoms with Crippen molar-refractivity contribution in [2.45, 2.75) is 51.2 Å². The number of aromatic nitrogens is 3. The Morgan fingerprint density at radius 1 is 0.923 bits per heavy atom. The average molecular weight is 528 g/mol. The van der Waals surface area contributed by atoms with Crippen LogP contribution in [0.4, 0.5) is 24.5 Å². The number of hydrogen-bond donors (Lipinski definition) is 1. The van der Waals surface area contributed by atoms with Gasteiger partial charge in [-0.3, -0.25) is 9.98 Å². The summed E-state index contributed by atoms with van der Waals surface area (Å²) in [5, 5.41) is 4.28. The van der Waals surface area contributed by atoms with Gasteiger partial charge in [-0.2, -0.15) is 13.2 Å². The van der Waals surface area contributed by atoms with E-state index in [0.717, 1.165) is 77.0 Å². The molecule has 5 nitrogen and oxygen atoms in total. The van der Waals surface area contributed by atoms with Crippen molar-refractivity contribution in [3.8, 4) is 17.1 Å². The van der Waals surface area contributed by atoms with Crippen LogP contribution in [0, 0.1) is 6.92 Å². The van der Waals surface area contributed by atoms with Crippen LogP contribution < -0.4 is 10.7 Å². The van der Waals surface area contributed by atoms with Crippen molar-refractivity contribution in [2.24, 2.45) is 4.99 Å². The number of fused-ring (bicyclic) bond motifs is 2. The monoisotopic (exact) mass is 527 g/mol. The van der Waals surface area contributed by atoms with E-state index in [4.69, 9.17) is 9.98 Å². The summed E-state index contributed by atoms with van der Waals surface area (Å²) >= 11 is 0. The van der Waals surface area contributed by atoms with Crippen molar-refractivity contribution in [1.82, 2.24) is 14.5 Å². The fraction of sp³-hybridized carbons (Fsp3) is 0.258. The van der Waals surface area contributed by atoms with Crippen molar-refractivity contribution in [2.75, 3.05) is 5.32 Å². The molecule has 0 unspecified atom stereocenters. The quantitative estimate of drug-likeness (QED) is 0.242. The molecule has 39 heavy (non-hydrogen) atoms. The molecule has 1 aliphatic heterocycles. The van der Waals surface area contributed by atoms with Gasteiger partial charge in [-0.25, -0.2) is 4.98 Å². The second kappa shape index (κ2) is 10.2. The van der Waals surface area contributed by atoms with Crippen LogP contribution in [0.1, 0.15) is 43.4 Å². The Morgan fingerprint density at radius 2 is 1.69 bits per heavy atom. The molecule has 3 aromatic rings. The van der Waals surface area contributed by atoms with Gasteiger partial charge in [0.1, 0.15) is 0 Å². The molecule has 0 amide bonds. The Morgan fingerprint density at radius 3 is 2.41 bits per heavy atom. The number of pyridine rings is 1. The zero-order valence-corrected chi connectivity index (χ0v) is 21.5. The highest BCUT2D eigenvalue weighted by atomic mass is 19.4. The molecule has 2 heterocycles. The van der Waals surface area contributed by atoms with Gasteiger partial charge in [-0.05, 0) is 80.4 Å². The fourth-order valence-electron chi connectivity index (χ4n) is 5.23. The molecule has 0 radical (unpaired) electrons. The summed E-state index contributed by atoms with van der Waals surface area (Å²) in [6.07, 6.45) is 3.02. The van der Waals surface area contributed by atoms with Gasteiger partial charge in [0.05, 0.1) is 57.0 Å². The maximum Gasteiger partial charge on any atom is 0.416 e. The third-order valence-corrected chi connectivity index (χ3v) is 7.24. The van der Waals surface area contributed by atoms with Crippen molar-refractivity contribution in [3.63, 3.8) is 0 Å².